The molecule has 2 N–H and O–H groups in total. The Morgan fingerprint density at radius 1 is 1.28 bits per heavy atom. The van der Waals surface area contributed by atoms with E-state index < -0.39 is 0 Å². The Kier molecular flexibility index (Phi) is 3.97. The molecule has 2 amide bonds. The number of ether oxygens (including phenoxy) is 1. The van der Waals surface area contributed by atoms with E-state index in [1.807, 2.05) is 60.0 Å². The third kappa shape index (κ3) is 3.00. The molecule has 3 heterocycles. The molecular weight excluding hydrogens is 318 g/mol. The largest absolute Gasteiger partial charge is 0.493 e. The third-order valence-electron chi connectivity index (χ3n) is 4.49. The van der Waals surface area contributed by atoms with E-state index >= 15 is 0 Å². The van der Waals surface area contributed by atoms with Gasteiger partial charge in [-0.15, -0.1) is 10.2 Å². The molecule has 0 saturated carbocycles. The predicted octanol–water partition coefficient (Wildman–Crippen LogP) is 2.09. The number of fused-ring (bicyclic) bond motifs is 2. The first-order chi connectivity index (χ1) is 12.2. The van der Waals surface area contributed by atoms with Gasteiger partial charge in [-0.3, -0.25) is 4.40 Å². The summed E-state index contributed by atoms with van der Waals surface area (Å²) in [5, 5.41) is 14.0. The average Bonchev–Trinajstić information content (AvgIpc) is 3.24. The van der Waals surface area contributed by atoms with Gasteiger partial charge in [0, 0.05) is 23.7 Å². The van der Waals surface area contributed by atoms with Crippen molar-refractivity contribution in [1.29, 1.82) is 0 Å². The topological polar surface area (TPSA) is 80.5 Å². The average molecular weight is 337 g/mol. The van der Waals surface area contributed by atoms with Crippen LogP contribution in [0.5, 0.6) is 5.75 Å². The lowest BCUT2D eigenvalue weighted by Crippen LogP contribution is -2.43. The van der Waals surface area contributed by atoms with Crippen molar-refractivity contribution in [3.05, 3.63) is 60.0 Å². The van der Waals surface area contributed by atoms with Crippen LogP contribution in [0.2, 0.25) is 0 Å². The van der Waals surface area contributed by atoms with Crippen molar-refractivity contribution in [2.24, 2.45) is 0 Å². The first-order valence-electron chi connectivity index (χ1n) is 8.27. The molecule has 128 valence electrons. The Hall–Kier alpha value is -3.09. The highest BCUT2D eigenvalue weighted by Gasteiger charge is 2.29. The van der Waals surface area contributed by atoms with Gasteiger partial charge in [0.05, 0.1) is 13.2 Å². The molecule has 0 saturated heterocycles. The Labute approximate surface area is 145 Å². The number of urea groups is 1. The second-order valence-corrected chi connectivity index (χ2v) is 6.12. The number of pyridine rings is 1. The van der Waals surface area contributed by atoms with Crippen LogP contribution in [-0.4, -0.2) is 33.3 Å². The number of benzene rings is 1. The van der Waals surface area contributed by atoms with E-state index in [2.05, 4.69) is 20.8 Å². The fourth-order valence-corrected chi connectivity index (χ4v) is 3.13. The van der Waals surface area contributed by atoms with Gasteiger partial charge < -0.3 is 15.4 Å². The summed E-state index contributed by atoms with van der Waals surface area (Å²) < 4.78 is 7.54. The second kappa shape index (κ2) is 6.43. The van der Waals surface area contributed by atoms with Crippen molar-refractivity contribution in [3.8, 4) is 5.75 Å². The second-order valence-electron chi connectivity index (χ2n) is 6.12. The molecule has 0 spiro atoms. The number of rotatable bonds is 4. The van der Waals surface area contributed by atoms with Crippen molar-refractivity contribution in [3.63, 3.8) is 0 Å². The van der Waals surface area contributed by atoms with Gasteiger partial charge >= 0.3 is 6.03 Å². The lowest BCUT2D eigenvalue weighted by atomic mass is 9.94. The van der Waals surface area contributed by atoms with Crippen LogP contribution in [0.15, 0.2) is 48.7 Å². The molecule has 7 nitrogen and oxygen atoms in total. The highest BCUT2D eigenvalue weighted by atomic mass is 16.5. The summed E-state index contributed by atoms with van der Waals surface area (Å²) in [6.45, 7) is 2.87. The van der Waals surface area contributed by atoms with Crippen LogP contribution in [0, 0.1) is 0 Å². The molecule has 4 rings (SSSR count). The molecule has 0 aliphatic carbocycles. The maximum absolute atomic E-state index is 12.2. The minimum atomic E-state index is -0.232. The maximum atomic E-state index is 12.2. The zero-order valence-electron chi connectivity index (χ0n) is 13.8. The number of amides is 2. The number of hydrogen-bond acceptors (Lipinski definition) is 4. The number of nitrogens with zero attached hydrogens (tertiary/aromatic N) is 3. The molecule has 0 fully saturated rings. The molecule has 1 aromatic carbocycles. The van der Waals surface area contributed by atoms with Crippen molar-refractivity contribution in [2.45, 2.75) is 25.4 Å². The molecule has 3 aromatic rings. The van der Waals surface area contributed by atoms with Gasteiger partial charge in [0.25, 0.3) is 0 Å². The molecule has 7 heteroatoms. The summed E-state index contributed by atoms with van der Waals surface area (Å²) >= 11 is 0. The van der Waals surface area contributed by atoms with Crippen molar-refractivity contribution >= 4 is 11.7 Å². The van der Waals surface area contributed by atoms with Crippen LogP contribution in [-0.2, 0) is 6.54 Å². The molecule has 0 unspecified atom stereocenters. The van der Waals surface area contributed by atoms with Crippen LogP contribution >= 0.6 is 0 Å². The minimum Gasteiger partial charge on any atom is -0.493 e. The lowest BCUT2D eigenvalue weighted by Gasteiger charge is -2.20. The van der Waals surface area contributed by atoms with E-state index in [1.54, 1.807) is 0 Å². The molecule has 2 atom stereocenters. The molecular formula is C18H19N5O2. The Balaban J connectivity index is 1.36. The summed E-state index contributed by atoms with van der Waals surface area (Å²) in [7, 11) is 0. The van der Waals surface area contributed by atoms with Crippen LogP contribution < -0.4 is 15.4 Å². The summed E-state index contributed by atoms with van der Waals surface area (Å²) in [5.74, 6) is 1.74. The molecule has 0 radical (unpaired) electrons. The van der Waals surface area contributed by atoms with E-state index in [0.717, 1.165) is 17.0 Å². The first-order valence-corrected chi connectivity index (χ1v) is 8.27. The Morgan fingerprint density at radius 3 is 3.04 bits per heavy atom. The van der Waals surface area contributed by atoms with Gasteiger partial charge in [-0.2, -0.15) is 0 Å². The molecule has 0 bridgehead atoms. The zero-order chi connectivity index (χ0) is 17.2. The first kappa shape index (κ1) is 15.4. The molecule has 2 aromatic heterocycles. The van der Waals surface area contributed by atoms with E-state index in [-0.39, 0.29) is 18.0 Å². The van der Waals surface area contributed by atoms with Gasteiger partial charge in [-0.25, -0.2) is 4.79 Å². The van der Waals surface area contributed by atoms with E-state index in [0.29, 0.717) is 19.0 Å². The number of hydrogen-bond donors (Lipinski definition) is 2. The van der Waals surface area contributed by atoms with E-state index in [9.17, 15) is 4.79 Å². The number of aromatic nitrogens is 3. The number of para-hydroxylation sites is 1. The fraction of sp³-hybridized carbons (Fsp3) is 0.278. The Morgan fingerprint density at radius 2 is 2.12 bits per heavy atom. The van der Waals surface area contributed by atoms with Gasteiger partial charge in [0.2, 0.25) is 0 Å². The van der Waals surface area contributed by atoms with E-state index in [4.69, 9.17) is 4.74 Å². The molecule has 1 aliphatic rings. The SMILES string of the molecule is C[C@@H](NC(=O)NCc1nnc2ccccn12)[C@H]1COc2ccccc21. The number of carbonyl (C=O) groups excluding carboxylic acids is 1. The van der Waals surface area contributed by atoms with Crippen LogP contribution in [0.25, 0.3) is 5.65 Å². The quantitative estimate of drug-likeness (QED) is 0.764. The smallest absolute Gasteiger partial charge is 0.315 e. The van der Waals surface area contributed by atoms with Crippen molar-refractivity contribution in [2.75, 3.05) is 6.61 Å². The number of nitrogens with one attached hydrogen (secondary N) is 2. The summed E-state index contributed by atoms with van der Waals surface area (Å²) in [6.07, 6.45) is 1.87. The van der Waals surface area contributed by atoms with Crippen molar-refractivity contribution in [1.82, 2.24) is 25.2 Å². The van der Waals surface area contributed by atoms with Crippen LogP contribution in [0.4, 0.5) is 4.79 Å². The molecule has 25 heavy (non-hydrogen) atoms. The number of carbonyl (C=O) groups is 1. The normalized spacial score (nSPS) is 16.9. The predicted molar refractivity (Wildman–Crippen MR) is 92.5 cm³/mol. The summed E-state index contributed by atoms with van der Waals surface area (Å²) in [5.41, 5.74) is 1.89. The van der Waals surface area contributed by atoms with Crippen LogP contribution in [0.3, 0.4) is 0 Å². The summed E-state index contributed by atoms with van der Waals surface area (Å²) in [4.78, 5) is 12.2. The van der Waals surface area contributed by atoms with Gasteiger partial charge in [0.1, 0.15) is 5.75 Å². The maximum Gasteiger partial charge on any atom is 0.315 e. The fourth-order valence-electron chi connectivity index (χ4n) is 3.13. The summed E-state index contributed by atoms with van der Waals surface area (Å²) in [6, 6.07) is 13.3. The van der Waals surface area contributed by atoms with Crippen LogP contribution in [0.1, 0.15) is 24.2 Å². The van der Waals surface area contributed by atoms with Gasteiger partial charge in [-0.1, -0.05) is 24.3 Å². The monoisotopic (exact) mass is 337 g/mol. The Bertz CT molecular complexity index is 907. The van der Waals surface area contributed by atoms with Crippen molar-refractivity contribution < 1.29 is 9.53 Å². The minimum absolute atomic E-state index is 0.0428. The molecule has 1 aliphatic heterocycles. The lowest BCUT2D eigenvalue weighted by molar-refractivity contribution is 0.232. The zero-order valence-corrected chi connectivity index (χ0v) is 13.8. The van der Waals surface area contributed by atoms with Gasteiger partial charge in [-0.05, 0) is 25.1 Å². The van der Waals surface area contributed by atoms with E-state index in [1.165, 1.54) is 0 Å². The highest BCUT2D eigenvalue weighted by molar-refractivity contribution is 5.74. The highest BCUT2D eigenvalue weighted by Crippen LogP contribution is 2.35. The standard InChI is InChI=1S/C18H19N5O2/c1-12(14-11-25-15-7-3-2-6-13(14)15)20-18(24)19-10-17-22-21-16-8-4-5-9-23(16)17/h2-9,12,14H,10-11H2,1H3,(H2,19,20,24)/t12-,14-/m1/s1. The van der Waals surface area contributed by atoms with Gasteiger partial charge in [0.15, 0.2) is 11.5 Å². The third-order valence-corrected chi connectivity index (χ3v) is 4.49.